The molecule has 0 aliphatic rings. The average molecular weight is 372 g/mol. The van der Waals surface area contributed by atoms with Crippen LogP contribution in [0, 0.1) is 5.92 Å². The zero-order valence-electron chi connectivity index (χ0n) is 14.7. The molecule has 0 bridgehead atoms. The van der Waals surface area contributed by atoms with Crippen molar-refractivity contribution in [3.63, 3.8) is 0 Å². The van der Waals surface area contributed by atoms with E-state index < -0.39 is 33.4 Å². The molecule has 7 nitrogen and oxygen atoms in total. The third kappa shape index (κ3) is 9.78. The number of carboxylic acids is 1. The number of carbonyl (C=O) groups is 2. The van der Waals surface area contributed by atoms with Crippen molar-refractivity contribution in [1.29, 1.82) is 0 Å². The fourth-order valence-electron chi connectivity index (χ4n) is 2.46. The first-order valence-corrected chi connectivity index (χ1v) is 9.23. The Morgan fingerprint density at radius 3 is 2.12 bits per heavy atom. The number of hydrogen-bond donors (Lipinski definition) is 1. The van der Waals surface area contributed by atoms with Crippen LogP contribution in [0.1, 0.15) is 52.9 Å². The molecule has 0 aliphatic carbocycles. The molecule has 3 atom stereocenters. The van der Waals surface area contributed by atoms with Crippen LogP contribution in [0.4, 0.5) is 0 Å². The molecule has 0 aromatic heterocycles. The summed E-state index contributed by atoms with van der Waals surface area (Å²) < 4.78 is 37.8. The van der Waals surface area contributed by atoms with E-state index >= 15 is 0 Å². The van der Waals surface area contributed by atoms with Crippen LogP contribution in [-0.4, -0.2) is 36.3 Å². The summed E-state index contributed by atoms with van der Waals surface area (Å²) in [6.07, 6.45) is 3.14. The number of carboxylic acid groups (broad SMARTS) is 1. The van der Waals surface area contributed by atoms with Gasteiger partial charge in [0.25, 0.3) is 10.1 Å². The smallest absolute Gasteiger partial charge is 0.545 e. The van der Waals surface area contributed by atoms with Crippen molar-refractivity contribution < 1.29 is 62.0 Å². The normalized spacial score (nSPS) is 15.3. The molecule has 0 aromatic rings. The van der Waals surface area contributed by atoms with Gasteiger partial charge < -0.3 is 14.6 Å². The molecule has 0 spiro atoms. The quantitative estimate of drug-likeness (QED) is 0.194. The Hall–Kier alpha value is -0.410. The second-order valence-corrected chi connectivity index (χ2v) is 6.96. The average Bonchev–Trinajstić information content (AvgIpc) is 2.44. The van der Waals surface area contributed by atoms with E-state index in [0.717, 1.165) is 12.8 Å². The summed E-state index contributed by atoms with van der Waals surface area (Å²) in [6, 6.07) is 0. The number of unbranched alkanes of at least 4 members (excludes halogenated alkanes) is 1. The van der Waals surface area contributed by atoms with Gasteiger partial charge in [-0.25, -0.2) is 4.79 Å². The predicted molar refractivity (Wildman–Crippen MR) is 83.0 cm³/mol. The van der Waals surface area contributed by atoms with Crippen molar-refractivity contribution in [3.8, 4) is 0 Å². The van der Waals surface area contributed by atoms with Crippen molar-refractivity contribution in [2.24, 2.45) is 5.92 Å². The molecular weight excluding hydrogens is 347 g/mol. The summed E-state index contributed by atoms with van der Waals surface area (Å²) in [5, 5.41) is 9.08. The zero-order chi connectivity index (χ0) is 18.0. The SMILES string of the molecule is CCCCC(CC)C(OC(=O)C=CC(=O)[O-])C(CC)S(=O)(=O)O.[Na+]. The Morgan fingerprint density at radius 1 is 1.17 bits per heavy atom. The molecule has 0 saturated carbocycles. The largest absolute Gasteiger partial charge is 1.00 e. The number of ether oxygens (including phenoxy) is 1. The molecule has 134 valence electrons. The number of esters is 1. The van der Waals surface area contributed by atoms with Crippen molar-refractivity contribution in [2.45, 2.75) is 64.2 Å². The molecule has 1 N–H and O–H groups in total. The molecule has 24 heavy (non-hydrogen) atoms. The first kappa shape index (κ1) is 25.8. The topological polar surface area (TPSA) is 121 Å². The molecule has 0 rings (SSSR count). The van der Waals surface area contributed by atoms with E-state index in [2.05, 4.69) is 0 Å². The maximum Gasteiger partial charge on any atom is 1.00 e. The summed E-state index contributed by atoms with van der Waals surface area (Å²) in [5.74, 6) is -2.78. The van der Waals surface area contributed by atoms with Gasteiger partial charge in [0.2, 0.25) is 0 Å². The van der Waals surface area contributed by atoms with E-state index in [1.165, 1.54) is 0 Å². The van der Waals surface area contributed by atoms with Crippen LogP contribution in [0.2, 0.25) is 0 Å². The molecule has 0 fully saturated rings. The third-order valence-electron chi connectivity index (χ3n) is 3.68. The maximum atomic E-state index is 11.7. The molecular formula is C15H25NaO7S. The van der Waals surface area contributed by atoms with Gasteiger partial charge in [0.15, 0.2) is 0 Å². The fourth-order valence-corrected chi connectivity index (χ4v) is 3.50. The standard InChI is InChI=1S/C15H26O7S.Na/c1-4-7-8-11(5-2)15(12(6-3)23(19,20)21)22-14(18)10-9-13(16)17;/h9-12,15H,4-8H2,1-3H3,(H,16,17)(H,19,20,21);/q;+1/p-1. The Balaban J connectivity index is 0. The van der Waals surface area contributed by atoms with Crippen LogP contribution < -0.4 is 34.7 Å². The Morgan fingerprint density at radius 2 is 1.75 bits per heavy atom. The third-order valence-corrected chi connectivity index (χ3v) is 5.04. The number of aliphatic carboxylic acids is 1. The van der Waals surface area contributed by atoms with Gasteiger partial charge >= 0.3 is 35.5 Å². The molecule has 0 heterocycles. The summed E-state index contributed by atoms with van der Waals surface area (Å²) in [5.41, 5.74) is 0. The van der Waals surface area contributed by atoms with Gasteiger partial charge in [-0.3, -0.25) is 4.55 Å². The molecule has 0 saturated heterocycles. The maximum absolute atomic E-state index is 11.7. The fraction of sp³-hybridized carbons (Fsp3) is 0.733. The van der Waals surface area contributed by atoms with Gasteiger partial charge in [0, 0.05) is 6.08 Å². The van der Waals surface area contributed by atoms with E-state index in [4.69, 9.17) is 4.74 Å². The molecule has 0 amide bonds. The van der Waals surface area contributed by atoms with E-state index in [0.29, 0.717) is 25.0 Å². The van der Waals surface area contributed by atoms with E-state index in [1.807, 2.05) is 13.8 Å². The summed E-state index contributed by atoms with van der Waals surface area (Å²) in [6.45, 7) is 5.40. The predicted octanol–water partition coefficient (Wildman–Crippen LogP) is -1.91. The van der Waals surface area contributed by atoms with Gasteiger partial charge in [-0.1, -0.05) is 33.6 Å². The second-order valence-electron chi connectivity index (χ2n) is 5.33. The van der Waals surface area contributed by atoms with Crippen LogP contribution in [0.5, 0.6) is 0 Å². The summed E-state index contributed by atoms with van der Waals surface area (Å²) >= 11 is 0. The van der Waals surface area contributed by atoms with Crippen LogP contribution in [-0.2, 0) is 24.4 Å². The van der Waals surface area contributed by atoms with Crippen molar-refractivity contribution >= 4 is 22.1 Å². The van der Waals surface area contributed by atoms with Crippen molar-refractivity contribution in [1.82, 2.24) is 0 Å². The van der Waals surface area contributed by atoms with Gasteiger partial charge in [-0.05, 0) is 31.3 Å². The minimum Gasteiger partial charge on any atom is -0.545 e. The van der Waals surface area contributed by atoms with Crippen LogP contribution in [0.15, 0.2) is 12.2 Å². The van der Waals surface area contributed by atoms with Crippen LogP contribution in [0.25, 0.3) is 0 Å². The van der Waals surface area contributed by atoms with Gasteiger partial charge in [-0.15, -0.1) is 0 Å². The van der Waals surface area contributed by atoms with Crippen molar-refractivity contribution in [2.75, 3.05) is 0 Å². The van der Waals surface area contributed by atoms with Crippen molar-refractivity contribution in [3.05, 3.63) is 12.2 Å². The van der Waals surface area contributed by atoms with Gasteiger partial charge in [0.1, 0.15) is 11.4 Å². The minimum atomic E-state index is -4.40. The molecule has 0 aliphatic heterocycles. The minimum absolute atomic E-state index is 0. The molecule has 0 aromatic carbocycles. The van der Waals surface area contributed by atoms with Gasteiger partial charge in [-0.2, -0.15) is 8.42 Å². The molecule has 3 unspecified atom stereocenters. The zero-order valence-corrected chi connectivity index (χ0v) is 17.5. The second kappa shape index (κ2) is 12.9. The number of rotatable bonds is 11. The summed E-state index contributed by atoms with van der Waals surface area (Å²) in [7, 11) is -4.40. The van der Waals surface area contributed by atoms with E-state index in [-0.39, 0.29) is 41.9 Å². The monoisotopic (exact) mass is 372 g/mol. The Labute approximate surface area is 165 Å². The molecule has 0 radical (unpaired) electrons. The Kier molecular flexibility index (Phi) is 13.9. The van der Waals surface area contributed by atoms with Crippen LogP contribution in [0.3, 0.4) is 0 Å². The van der Waals surface area contributed by atoms with Crippen LogP contribution >= 0.6 is 0 Å². The van der Waals surface area contributed by atoms with Gasteiger partial charge in [0.05, 0.1) is 5.97 Å². The first-order chi connectivity index (χ1) is 10.7. The van der Waals surface area contributed by atoms with E-state index in [1.54, 1.807) is 6.92 Å². The number of hydrogen-bond acceptors (Lipinski definition) is 6. The molecule has 9 heteroatoms. The summed E-state index contributed by atoms with van der Waals surface area (Å²) in [4.78, 5) is 22.1. The Bertz CT molecular complexity index is 516. The van der Waals surface area contributed by atoms with E-state index in [9.17, 15) is 27.7 Å². The first-order valence-electron chi connectivity index (χ1n) is 7.73. The number of carbonyl (C=O) groups excluding carboxylic acids is 2.